The first-order valence-electron chi connectivity index (χ1n) is 10.6. The predicted molar refractivity (Wildman–Crippen MR) is 121 cm³/mol. The third-order valence-corrected chi connectivity index (χ3v) is 5.56. The quantitative estimate of drug-likeness (QED) is 0.515. The van der Waals surface area contributed by atoms with Gasteiger partial charge in [0.15, 0.2) is 0 Å². The van der Waals surface area contributed by atoms with Gasteiger partial charge in [0.2, 0.25) is 17.6 Å². The lowest BCUT2D eigenvalue weighted by Gasteiger charge is -2.28. The number of nitrogens with zero attached hydrogens (tertiary/aromatic N) is 4. The van der Waals surface area contributed by atoms with Crippen molar-refractivity contribution in [2.24, 2.45) is 0 Å². The third-order valence-electron chi connectivity index (χ3n) is 5.56. The molecule has 3 heterocycles. The largest absolute Gasteiger partial charge is 0.496 e. The molecular formula is C24H26N4O5. The second-order valence-corrected chi connectivity index (χ2v) is 7.47. The number of amides is 1. The Hall–Kier alpha value is -3.88. The fourth-order valence-corrected chi connectivity index (χ4v) is 3.79. The van der Waals surface area contributed by atoms with Crippen molar-refractivity contribution in [3.63, 3.8) is 0 Å². The number of methoxy groups -OCH3 is 3. The summed E-state index contributed by atoms with van der Waals surface area (Å²) in [5.74, 6) is 3.00. The molecule has 0 unspecified atom stereocenters. The van der Waals surface area contributed by atoms with Crippen LogP contribution in [0.1, 0.15) is 24.3 Å². The molecule has 1 aliphatic rings. The van der Waals surface area contributed by atoms with Crippen molar-refractivity contribution in [3.05, 3.63) is 54.2 Å². The molecule has 0 N–H and O–H groups in total. The SMILES string of the molecule is COc1cc(OC)c(C2=CCN(C(=O)CCc3nc(-c4ccncc4)no3)CC2)c(OC)c1. The average Bonchev–Trinajstić information content (AvgIpc) is 3.36. The maximum absolute atomic E-state index is 12.8. The average molecular weight is 450 g/mol. The topological polar surface area (TPSA) is 99.8 Å². The van der Waals surface area contributed by atoms with Crippen LogP contribution in [-0.4, -0.2) is 60.4 Å². The highest BCUT2D eigenvalue weighted by molar-refractivity contribution is 5.81. The molecule has 3 aromatic rings. The normalized spacial score (nSPS) is 13.4. The number of carbonyl (C=O) groups excluding carboxylic acids is 1. The Morgan fingerprint density at radius 3 is 2.42 bits per heavy atom. The van der Waals surface area contributed by atoms with E-state index in [0.29, 0.717) is 61.3 Å². The molecule has 1 amide bonds. The number of rotatable bonds is 8. The Labute approximate surface area is 192 Å². The second kappa shape index (κ2) is 10.2. The van der Waals surface area contributed by atoms with Gasteiger partial charge in [0.25, 0.3) is 0 Å². The number of ether oxygens (including phenoxy) is 3. The van der Waals surface area contributed by atoms with Gasteiger partial charge in [-0.05, 0) is 24.1 Å². The van der Waals surface area contributed by atoms with Crippen molar-refractivity contribution in [1.82, 2.24) is 20.0 Å². The molecule has 1 aromatic carbocycles. The van der Waals surface area contributed by atoms with Gasteiger partial charge in [-0.25, -0.2) is 0 Å². The van der Waals surface area contributed by atoms with E-state index in [1.807, 2.05) is 35.2 Å². The summed E-state index contributed by atoms with van der Waals surface area (Å²) in [6.45, 7) is 1.12. The molecule has 172 valence electrons. The van der Waals surface area contributed by atoms with Crippen LogP contribution in [0.5, 0.6) is 17.2 Å². The van der Waals surface area contributed by atoms with Crippen LogP contribution < -0.4 is 14.2 Å². The summed E-state index contributed by atoms with van der Waals surface area (Å²) in [6.07, 6.45) is 6.77. The van der Waals surface area contributed by atoms with Crippen LogP contribution in [0, 0.1) is 0 Å². The van der Waals surface area contributed by atoms with Gasteiger partial charge >= 0.3 is 0 Å². The summed E-state index contributed by atoms with van der Waals surface area (Å²) in [6, 6.07) is 7.29. The Kier molecular flexibility index (Phi) is 6.87. The van der Waals surface area contributed by atoms with Gasteiger partial charge in [0.1, 0.15) is 17.2 Å². The predicted octanol–water partition coefficient (Wildman–Crippen LogP) is 3.41. The Bertz CT molecular complexity index is 1120. The van der Waals surface area contributed by atoms with Crippen molar-refractivity contribution in [2.75, 3.05) is 34.4 Å². The Morgan fingerprint density at radius 1 is 1.09 bits per heavy atom. The molecule has 9 heteroatoms. The minimum absolute atomic E-state index is 0.0441. The minimum Gasteiger partial charge on any atom is -0.496 e. The van der Waals surface area contributed by atoms with Gasteiger partial charge in [-0.3, -0.25) is 9.78 Å². The van der Waals surface area contributed by atoms with Crippen LogP contribution in [0.15, 0.2) is 47.3 Å². The molecule has 9 nitrogen and oxygen atoms in total. The molecule has 33 heavy (non-hydrogen) atoms. The summed E-state index contributed by atoms with van der Waals surface area (Å²) < 4.78 is 21.8. The van der Waals surface area contributed by atoms with E-state index in [0.717, 1.165) is 16.7 Å². The number of benzene rings is 1. The fourth-order valence-electron chi connectivity index (χ4n) is 3.79. The van der Waals surface area contributed by atoms with E-state index < -0.39 is 0 Å². The molecule has 0 spiro atoms. The van der Waals surface area contributed by atoms with Crippen LogP contribution in [0.2, 0.25) is 0 Å². The third kappa shape index (κ3) is 4.97. The van der Waals surface area contributed by atoms with Crippen LogP contribution in [-0.2, 0) is 11.2 Å². The zero-order chi connectivity index (χ0) is 23.2. The molecule has 0 aliphatic carbocycles. The maximum Gasteiger partial charge on any atom is 0.227 e. The lowest BCUT2D eigenvalue weighted by molar-refractivity contribution is -0.130. The molecule has 0 atom stereocenters. The van der Waals surface area contributed by atoms with E-state index in [9.17, 15) is 4.79 Å². The number of carbonyl (C=O) groups is 1. The smallest absolute Gasteiger partial charge is 0.227 e. The zero-order valence-corrected chi connectivity index (χ0v) is 18.9. The summed E-state index contributed by atoms with van der Waals surface area (Å²) in [5, 5.41) is 3.98. The van der Waals surface area contributed by atoms with Gasteiger partial charge in [0.05, 0.1) is 26.9 Å². The summed E-state index contributed by atoms with van der Waals surface area (Å²) in [5.41, 5.74) is 2.79. The van der Waals surface area contributed by atoms with Crippen LogP contribution in [0.4, 0.5) is 0 Å². The van der Waals surface area contributed by atoms with E-state index in [1.54, 1.807) is 33.7 Å². The van der Waals surface area contributed by atoms with Gasteiger partial charge in [-0.1, -0.05) is 11.2 Å². The lowest BCUT2D eigenvalue weighted by Crippen LogP contribution is -2.34. The first-order chi connectivity index (χ1) is 16.1. The second-order valence-electron chi connectivity index (χ2n) is 7.47. The number of hydrogen-bond donors (Lipinski definition) is 0. The van der Waals surface area contributed by atoms with Crippen molar-refractivity contribution in [1.29, 1.82) is 0 Å². The van der Waals surface area contributed by atoms with E-state index in [1.165, 1.54) is 0 Å². The Morgan fingerprint density at radius 2 is 1.82 bits per heavy atom. The van der Waals surface area contributed by atoms with Gasteiger partial charge < -0.3 is 23.6 Å². The lowest BCUT2D eigenvalue weighted by atomic mass is 9.97. The van der Waals surface area contributed by atoms with Crippen molar-refractivity contribution in [3.8, 4) is 28.6 Å². The van der Waals surface area contributed by atoms with E-state index in [-0.39, 0.29) is 5.91 Å². The highest BCUT2D eigenvalue weighted by Gasteiger charge is 2.23. The highest BCUT2D eigenvalue weighted by Crippen LogP contribution is 2.40. The monoisotopic (exact) mass is 450 g/mol. The molecular weight excluding hydrogens is 424 g/mol. The number of hydrogen-bond acceptors (Lipinski definition) is 8. The number of pyridine rings is 1. The molecule has 0 radical (unpaired) electrons. The maximum atomic E-state index is 12.8. The molecule has 0 fully saturated rings. The van der Waals surface area contributed by atoms with Crippen LogP contribution >= 0.6 is 0 Å². The Balaban J connectivity index is 1.39. The highest BCUT2D eigenvalue weighted by atomic mass is 16.5. The molecule has 0 saturated heterocycles. The molecule has 1 aliphatic heterocycles. The van der Waals surface area contributed by atoms with Gasteiger partial charge in [0, 0.05) is 56.0 Å². The summed E-state index contributed by atoms with van der Waals surface area (Å²) in [7, 11) is 4.84. The molecule has 0 saturated carbocycles. The first kappa shape index (κ1) is 22.3. The van der Waals surface area contributed by atoms with E-state index in [2.05, 4.69) is 15.1 Å². The van der Waals surface area contributed by atoms with Crippen LogP contribution in [0.3, 0.4) is 0 Å². The zero-order valence-electron chi connectivity index (χ0n) is 18.9. The number of aromatic nitrogens is 3. The first-order valence-corrected chi connectivity index (χ1v) is 10.6. The van der Waals surface area contributed by atoms with E-state index in [4.69, 9.17) is 18.7 Å². The molecule has 0 bridgehead atoms. The van der Waals surface area contributed by atoms with Crippen molar-refractivity contribution < 1.29 is 23.5 Å². The van der Waals surface area contributed by atoms with Crippen LogP contribution in [0.25, 0.3) is 17.0 Å². The molecule has 2 aromatic heterocycles. The van der Waals surface area contributed by atoms with Crippen molar-refractivity contribution >= 4 is 11.5 Å². The number of aryl methyl sites for hydroxylation is 1. The summed E-state index contributed by atoms with van der Waals surface area (Å²) >= 11 is 0. The van der Waals surface area contributed by atoms with Gasteiger partial charge in [-0.15, -0.1) is 0 Å². The van der Waals surface area contributed by atoms with Gasteiger partial charge in [-0.2, -0.15) is 4.98 Å². The molecule has 4 rings (SSSR count). The van der Waals surface area contributed by atoms with E-state index >= 15 is 0 Å². The summed E-state index contributed by atoms with van der Waals surface area (Å²) in [4.78, 5) is 22.9. The van der Waals surface area contributed by atoms with Crippen molar-refractivity contribution in [2.45, 2.75) is 19.3 Å². The fraction of sp³-hybridized carbons (Fsp3) is 0.333. The standard InChI is InChI=1S/C24H26N4O5/c1-30-18-14-19(31-2)23(20(15-18)32-3)16-8-12-28(13-9-16)22(29)5-4-21-26-24(27-33-21)17-6-10-25-11-7-17/h6-8,10-11,14-15H,4-5,9,12-13H2,1-3H3. The minimum atomic E-state index is 0.0441.